The van der Waals surface area contributed by atoms with Crippen LogP contribution in [-0.4, -0.2) is 5.97 Å². The number of esters is 1. The molecule has 0 bridgehead atoms. The highest BCUT2D eigenvalue weighted by atomic mass is 16.5. The molecule has 102 valence electrons. The van der Waals surface area contributed by atoms with Gasteiger partial charge in [0.05, 0.1) is 6.42 Å². The molecule has 0 amide bonds. The predicted octanol–water partition coefficient (Wildman–Crippen LogP) is 4.28. The Kier molecular flexibility index (Phi) is 2.74. The van der Waals surface area contributed by atoms with E-state index in [0.717, 1.165) is 11.1 Å². The quantitative estimate of drug-likeness (QED) is 0.489. The molecular weight excluding hydrogens is 260 g/mol. The van der Waals surface area contributed by atoms with Crippen molar-refractivity contribution in [3.05, 3.63) is 77.9 Å². The topological polar surface area (TPSA) is 26.3 Å². The Labute approximate surface area is 123 Å². The maximum absolute atomic E-state index is 11.9. The first-order valence-corrected chi connectivity index (χ1v) is 7.09. The van der Waals surface area contributed by atoms with E-state index in [1.54, 1.807) is 0 Å². The maximum atomic E-state index is 11.9. The summed E-state index contributed by atoms with van der Waals surface area (Å²) in [5, 5.41) is 2.42. The summed E-state index contributed by atoms with van der Waals surface area (Å²) in [5.74, 6) is 0.603. The number of benzene rings is 3. The first kappa shape index (κ1) is 12.2. The Morgan fingerprint density at radius 3 is 2.52 bits per heavy atom. The van der Waals surface area contributed by atoms with Gasteiger partial charge in [-0.25, -0.2) is 0 Å². The van der Waals surface area contributed by atoms with Crippen LogP contribution in [0.2, 0.25) is 0 Å². The van der Waals surface area contributed by atoms with Crippen LogP contribution >= 0.6 is 0 Å². The maximum Gasteiger partial charge on any atom is 0.312 e. The third-order valence-electron chi connectivity index (χ3n) is 4.06. The molecule has 0 radical (unpaired) electrons. The summed E-state index contributed by atoms with van der Waals surface area (Å²) in [4.78, 5) is 11.9. The second kappa shape index (κ2) is 4.74. The van der Waals surface area contributed by atoms with E-state index >= 15 is 0 Å². The molecule has 2 nitrogen and oxygen atoms in total. The number of hydrogen-bond acceptors (Lipinski definition) is 2. The Hall–Kier alpha value is -2.61. The number of carbonyl (C=O) groups excluding carboxylic acids is 1. The van der Waals surface area contributed by atoms with Crippen LogP contribution in [0.3, 0.4) is 0 Å². The minimum absolute atomic E-state index is 0.0760. The van der Waals surface area contributed by atoms with Crippen LogP contribution in [0.25, 0.3) is 10.8 Å². The summed E-state index contributed by atoms with van der Waals surface area (Å²) in [6.45, 7) is 0. The molecule has 0 aromatic heterocycles. The molecule has 1 unspecified atom stereocenters. The second-order valence-corrected chi connectivity index (χ2v) is 5.38. The molecule has 0 saturated carbocycles. The predicted molar refractivity (Wildman–Crippen MR) is 82.5 cm³/mol. The lowest BCUT2D eigenvalue weighted by molar-refractivity contribution is -0.135. The van der Waals surface area contributed by atoms with Crippen LogP contribution < -0.4 is 4.74 Å². The molecule has 2 heteroatoms. The lowest BCUT2D eigenvalue weighted by Gasteiger charge is -2.25. The Morgan fingerprint density at radius 1 is 0.857 bits per heavy atom. The van der Waals surface area contributed by atoms with E-state index in [1.165, 1.54) is 10.8 Å². The molecule has 0 aliphatic carbocycles. The van der Waals surface area contributed by atoms with Gasteiger partial charge in [0.2, 0.25) is 0 Å². The van der Waals surface area contributed by atoms with Gasteiger partial charge in [-0.2, -0.15) is 0 Å². The third kappa shape index (κ3) is 2.09. The van der Waals surface area contributed by atoms with E-state index in [9.17, 15) is 4.79 Å². The van der Waals surface area contributed by atoms with Crippen LogP contribution in [0.5, 0.6) is 5.75 Å². The monoisotopic (exact) mass is 274 g/mol. The first-order chi connectivity index (χ1) is 10.3. The molecule has 1 atom stereocenters. The Balaban J connectivity index is 1.86. The van der Waals surface area contributed by atoms with Crippen molar-refractivity contribution >= 4 is 16.7 Å². The Morgan fingerprint density at radius 2 is 1.62 bits per heavy atom. The molecule has 3 aromatic rings. The summed E-state index contributed by atoms with van der Waals surface area (Å²) in [7, 11) is 0. The molecule has 1 heterocycles. The average molecular weight is 274 g/mol. The molecule has 4 rings (SSSR count). The van der Waals surface area contributed by atoms with Crippen LogP contribution in [0.1, 0.15) is 23.5 Å². The summed E-state index contributed by atoms with van der Waals surface area (Å²) in [6.07, 6.45) is 0.398. The zero-order valence-electron chi connectivity index (χ0n) is 11.5. The van der Waals surface area contributed by atoms with Gasteiger partial charge in [0.25, 0.3) is 0 Å². The van der Waals surface area contributed by atoms with Crippen molar-refractivity contribution in [2.24, 2.45) is 0 Å². The zero-order chi connectivity index (χ0) is 14.2. The Bertz CT molecular complexity index is 836. The number of para-hydroxylation sites is 1. The lowest BCUT2D eigenvalue weighted by atomic mass is 9.85. The number of rotatable bonds is 1. The van der Waals surface area contributed by atoms with Gasteiger partial charge in [-0.15, -0.1) is 0 Å². The molecule has 21 heavy (non-hydrogen) atoms. The van der Waals surface area contributed by atoms with Crippen molar-refractivity contribution in [1.29, 1.82) is 0 Å². The third-order valence-corrected chi connectivity index (χ3v) is 4.06. The average Bonchev–Trinajstić information content (AvgIpc) is 2.53. The van der Waals surface area contributed by atoms with Crippen LogP contribution in [0, 0.1) is 0 Å². The molecule has 1 aliphatic heterocycles. The van der Waals surface area contributed by atoms with Gasteiger partial charge < -0.3 is 4.74 Å². The normalized spacial score (nSPS) is 17.3. The molecule has 0 N–H and O–H groups in total. The molecule has 0 spiro atoms. The van der Waals surface area contributed by atoms with Crippen LogP contribution in [0.15, 0.2) is 66.7 Å². The minimum atomic E-state index is -0.160. The molecule has 3 aromatic carbocycles. The smallest absolute Gasteiger partial charge is 0.312 e. The van der Waals surface area contributed by atoms with Gasteiger partial charge in [0.1, 0.15) is 5.75 Å². The highest BCUT2D eigenvalue weighted by Gasteiger charge is 2.27. The van der Waals surface area contributed by atoms with Crippen molar-refractivity contribution in [2.75, 3.05) is 0 Å². The van der Waals surface area contributed by atoms with Gasteiger partial charge in [-0.1, -0.05) is 60.7 Å². The fourth-order valence-corrected chi connectivity index (χ4v) is 3.02. The fourth-order valence-electron chi connectivity index (χ4n) is 3.02. The van der Waals surface area contributed by atoms with Crippen molar-refractivity contribution in [2.45, 2.75) is 12.3 Å². The first-order valence-electron chi connectivity index (χ1n) is 7.09. The number of fused-ring (bicyclic) bond motifs is 2. The summed E-state index contributed by atoms with van der Waals surface area (Å²) >= 11 is 0. The summed E-state index contributed by atoms with van der Waals surface area (Å²) in [6, 6.07) is 22.5. The summed E-state index contributed by atoms with van der Waals surface area (Å²) in [5.41, 5.74) is 2.25. The summed E-state index contributed by atoms with van der Waals surface area (Å²) < 4.78 is 5.33. The molecular formula is C19H14O2. The van der Waals surface area contributed by atoms with Crippen molar-refractivity contribution in [1.82, 2.24) is 0 Å². The molecule has 1 aliphatic rings. The SMILES string of the molecule is O=C1CC(c2ccc3ccccc3c2)c2ccccc2O1. The van der Waals surface area contributed by atoms with E-state index in [-0.39, 0.29) is 11.9 Å². The fraction of sp³-hybridized carbons (Fsp3) is 0.105. The van der Waals surface area contributed by atoms with Crippen LogP contribution in [-0.2, 0) is 4.79 Å². The molecule has 0 saturated heterocycles. The van der Waals surface area contributed by atoms with Gasteiger partial charge >= 0.3 is 5.97 Å². The highest BCUT2D eigenvalue weighted by molar-refractivity contribution is 5.84. The van der Waals surface area contributed by atoms with Crippen molar-refractivity contribution < 1.29 is 9.53 Å². The van der Waals surface area contributed by atoms with Gasteiger partial charge in [0, 0.05) is 11.5 Å². The van der Waals surface area contributed by atoms with E-state index in [0.29, 0.717) is 12.2 Å². The lowest BCUT2D eigenvalue weighted by Crippen LogP contribution is -2.20. The largest absolute Gasteiger partial charge is 0.426 e. The number of hydrogen-bond donors (Lipinski definition) is 0. The van der Waals surface area contributed by atoms with Crippen LogP contribution in [0.4, 0.5) is 0 Å². The van der Waals surface area contributed by atoms with Crippen molar-refractivity contribution in [3.63, 3.8) is 0 Å². The standard InChI is InChI=1S/C19H14O2/c20-19-12-17(16-7-3-4-8-18(16)21-19)15-10-9-13-5-1-2-6-14(13)11-15/h1-11,17H,12H2. The highest BCUT2D eigenvalue weighted by Crippen LogP contribution is 2.39. The van der Waals surface area contributed by atoms with E-state index in [4.69, 9.17) is 4.74 Å². The van der Waals surface area contributed by atoms with E-state index in [1.807, 2.05) is 36.4 Å². The van der Waals surface area contributed by atoms with Gasteiger partial charge in [0.15, 0.2) is 0 Å². The zero-order valence-corrected chi connectivity index (χ0v) is 11.5. The number of carbonyl (C=O) groups is 1. The van der Waals surface area contributed by atoms with E-state index in [2.05, 4.69) is 30.3 Å². The second-order valence-electron chi connectivity index (χ2n) is 5.38. The molecule has 0 fully saturated rings. The van der Waals surface area contributed by atoms with Crippen molar-refractivity contribution in [3.8, 4) is 5.75 Å². The minimum Gasteiger partial charge on any atom is -0.426 e. The van der Waals surface area contributed by atoms with Gasteiger partial charge in [-0.05, 0) is 22.4 Å². The van der Waals surface area contributed by atoms with E-state index < -0.39 is 0 Å². The van der Waals surface area contributed by atoms with Gasteiger partial charge in [-0.3, -0.25) is 4.79 Å². The number of ether oxygens (including phenoxy) is 1.